The summed E-state index contributed by atoms with van der Waals surface area (Å²) in [6, 6.07) is 11.5. The van der Waals surface area contributed by atoms with Gasteiger partial charge in [-0.1, -0.05) is 12.1 Å². The largest absolute Gasteiger partial charge is 0.465 e. The highest BCUT2D eigenvalue weighted by molar-refractivity contribution is 7.89. The molecule has 9 nitrogen and oxygen atoms in total. The lowest BCUT2D eigenvalue weighted by Crippen LogP contribution is -2.18. The van der Waals surface area contributed by atoms with E-state index in [1.54, 1.807) is 30.3 Å². The maximum Gasteiger partial charge on any atom is 0.337 e. The molecule has 10 heteroatoms. The summed E-state index contributed by atoms with van der Waals surface area (Å²) >= 11 is 0. The second-order valence-electron chi connectivity index (χ2n) is 6.18. The smallest absolute Gasteiger partial charge is 0.337 e. The Morgan fingerprint density at radius 1 is 1.14 bits per heavy atom. The second kappa shape index (κ2) is 7.15. The number of carbonyl (C=O) groups excluding carboxylic acids is 1. The number of esters is 1. The van der Waals surface area contributed by atoms with Crippen LogP contribution in [0.5, 0.6) is 0 Å². The van der Waals surface area contributed by atoms with Crippen LogP contribution in [0.15, 0.2) is 53.7 Å². The van der Waals surface area contributed by atoms with Crippen LogP contribution in [0.3, 0.4) is 0 Å². The topological polar surface area (TPSA) is 126 Å². The lowest BCUT2D eigenvalue weighted by atomic mass is 10.1. The van der Waals surface area contributed by atoms with E-state index in [0.29, 0.717) is 28.2 Å². The maximum absolute atomic E-state index is 12.1. The molecule has 4 aromatic rings. The number of sulfonamides is 1. The SMILES string of the molecule is CNS(=O)(=O)c1cccc(Nc2ncnc3[nH]c4cc(C(=O)OC)ccc4c23)c1. The Morgan fingerprint density at radius 3 is 2.72 bits per heavy atom. The predicted molar refractivity (Wildman–Crippen MR) is 109 cm³/mol. The van der Waals surface area contributed by atoms with E-state index in [1.165, 1.54) is 32.6 Å². The van der Waals surface area contributed by atoms with Crippen LogP contribution in [-0.4, -0.2) is 43.5 Å². The number of hydrogen-bond acceptors (Lipinski definition) is 7. The van der Waals surface area contributed by atoms with Crippen LogP contribution in [0, 0.1) is 0 Å². The Hall–Kier alpha value is -3.50. The van der Waals surface area contributed by atoms with Gasteiger partial charge in [0.25, 0.3) is 0 Å². The van der Waals surface area contributed by atoms with Crippen molar-refractivity contribution < 1.29 is 17.9 Å². The lowest BCUT2D eigenvalue weighted by Gasteiger charge is -2.09. The number of methoxy groups -OCH3 is 1. The van der Waals surface area contributed by atoms with Crippen molar-refractivity contribution in [1.29, 1.82) is 0 Å². The average Bonchev–Trinajstić information content (AvgIpc) is 3.12. The van der Waals surface area contributed by atoms with Gasteiger partial charge in [-0.25, -0.2) is 27.9 Å². The van der Waals surface area contributed by atoms with Gasteiger partial charge in [-0.05, 0) is 37.4 Å². The van der Waals surface area contributed by atoms with Crippen molar-refractivity contribution in [3.8, 4) is 0 Å². The fourth-order valence-corrected chi connectivity index (χ4v) is 3.84. The number of H-pyrrole nitrogens is 1. The van der Waals surface area contributed by atoms with Crippen molar-refractivity contribution >= 4 is 49.4 Å². The van der Waals surface area contributed by atoms with E-state index in [2.05, 4.69) is 25.0 Å². The number of fused-ring (bicyclic) bond motifs is 3. The molecular formula is C19H17N5O4S. The van der Waals surface area contributed by atoms with Crippen LogP contribution in [0.1, 0.15) is 10.4 Å². The number of rotatable bonds is 5. The zero-order valence-electron chi connectivity index (χ0n) is 15.6. The van der Waals surface area contributed by atoms with Crippen molar-refractivity contribution in [2.75, 3.05) is 19.5 Å². The monoisotopic (exact) mass is 411 g/mol. The Morgan fingerprint density at radius 2 is 1.97 bits per heavy atom. The molecule has 2 aromatic heterocycles. The van der Waals surface area contributed by atoms with Crippen molar-refractivity contribution in [3.05, 3.63) is 54.4 Å². The molecule has 0 bridgehead atoms. The number of ether oxygens (including phenoxy) is 1. The fraction of sp³-hybridized carbons (Fsp3) is 0.105. The highest BCUT2D eigenvalue weighted by Gasteiger charge is 2.15. The molecule has 0 aliphatic rings. The van der Waals surface area contributed by atoms with Gasteiger partial charge in [-0.15, -0.1) is 0 Å². The first-order valence-electron chi connectivity index (χ1n) is 8.58. The summed E-state index contributed by atoms with van der Waals surface area (Å²) in [5.74, 6) is 0.0728. The molecule has 2 heterocycles. The van der Waals surface area contributed by atoms with E-state index >= 15 is 0 Å². The third kappa shape index (κ3) is 3.39. The minimum absolute atomic E-state index is 0.136. The van der Waals surface area contributed by atoms with Crippen molar-refractivity contribution in [3.63, 3.8) is 0 Å². The summed E-state index contributed by atoms with van der Waals surface area (Å²) in [7, 11) is -0.881. The number of aromatic nitrogens is 3. The molecule has 0 saturated heterocycles. The summed E-state index contributed by atoms with van der Waals surface area (Å²) in [5.41, 5.74) is 2.26. The predicted octanol–water partition coefficient (Wildman–Crippen LogP) is 2.55. The van der Waals surface area contributed by atoms with Gasteiger partial charge in [0, 0.05) is 16.6 Å². The summed E-state index contributed by atoms with van der Waals surface area (Å²) in [6.45, 7) is 0. The standard InChI is InChI=1S/C19H17N5O4S/c1-20-29(26,27)13-5-3-4-12(9-13)23-17-16-14-7-6-11(19(25)28-2)8-15(14)24-18(16)22-10-21-17/h3-10,20H,1-2H3,(H2,21,22,23,24). The number of anilines is 2. The van der Waals surface area contributed by atoms with Crippen LogP contribution in [-0.2, 0) is 14.8 Å². The van der Waals surface area contributed by atoms with E-state index in [9.17, 15) is 13.2 Å². The van der Waals surface area contributed by atoms with Crippen LogP contribution in [0.4, 0.5) is 11.5 Å². The summed E-state index contributed by atoms with van der Waals surface area (Å²) in [5, 5.41) is 4.69. The van der Waals surface area contributed by atoms with E-state index in [1.807, 2.05) is 0 Å². The molecule has 148 valence electrons. The Kier molecular flexibility index (Phi) is 4.65. The van der Waals surface area contributed by atoms with E-state index in [4.69, 9.17) is 4.74 Å². The van der Waals surface area contributed by atoms with E-state index in [0.717, 1.165) is 10.8 Å². The van der Waals surface area contributed by atoms with Gasteiger partial charge in [0.15, 0.2) is 0 Å². The first-order chi connectivity index (χ1) is 13.9. The van der Waals surface area contributed by atoms with Crippen LogP contribution >= 0.6 is 0 Å². The molecule has 0 spiro atoms. The molecule has 0 unspecified atom stereocenters. The minimum Gasteiger partial charge on any atom is -0.465 e. The Labute approximate surface area is 166 Å². The van der Waals surface area contributed by atoms with Gasteiger partial charge >= 0.3 is 5.97 Å². The van der Waals surface area contributed by atoms with Gasteiger partial charge < -0.3 is 15.0 Å². The van der Waals surface area contributed by atoms with Crippen molar-refractivity contribution in [1.82, 2.24) is 19.7 Å². The quantitative estimate of drug-likeness (QED) is 0.431. The summed E-state index contributed by atoms with van der Waals surface area (Å²) in [6.07, 6.45) is 1.40. The Balaban J connectivity index is 1.81. The van der Waals surface area contributed by atoms with E-state index < -0.39 is 16.0 Å². The molecule has 0 aliphatic carbocycles. The van der Waals surface area contributed by atoms with E-state index in [-0.39, 0.29) is 4.90 Å². The summed E-state index contributed by atoms with van der Waals surface area (Å²) in [4.78, 5) is 23.7. The number of aromatic amines is 1. The molecule has 29 heavy (non-hydrogen) atoms. The highest BCUT2D eigenvalue weighted by Crippen LogP contribution is 2.31. The Bertz CT molecular complexity index is 1350. The second-order valence-corrected chi connectivity index (χ2v) is 8.07. The van der Waals surface area contributed by atoms with Crippen molar-refractivity contribution in [2.45, 2.75) is 4.90 Å². The number of benzene rings is 2. The van der Waals surface area contributed by atoms with Gasteiger partial charge in [-0.2, -0.15) is 0 Å². The number of nitrogens with zero attached hydrogens (tertiary/aromatic N) is 2. The normalized spacial score (nSPS) is 11.7. The number of carbonyl (C=O) groups is 1. The third-order valence-corrected chi connectivity index (χ3v) is 5.90. The van der Waals surface area contributed by atoms with Gasteiger partial charge in [0.2, 0.25) is 10.0 Å². The summed E-state index contributed by atoms with van der Waals surface area (Å²) < 4.78 is 31.2. The molecule has 0 radical (unpaired) electrons. The van der Waals surface area contributed by atoms with Crippen LogP contribution in [0.2, 0.25) is 0 Å². The van der Waals surface area contributed by atoms with Crippen LogP contribution in [0.25, 0.3) is 21.9 Å². The zero-order chi connectivity index (χ0) is 20.6. The molecule has 0 saturated carbocycles. The lowest BCUT2D eigenvalue weighted by molar-refractivity contribution is 0.0601. The average molecular weight is 411 g/mol. The number of nitrogens with one attached hydrogen (secondary N) is 3. The highest BCUT2D eigenvalue weighted by atomic mass is 32.2. The molecule has 2 aromatic carbocycles. The zero-order valence-corrected chi connectivity index (χ0v) is 16.4. The van der Waals surface area contributed by atoms with Gasteiger partial charge in [-0.3, -0.25) is 0 Å². The number of hydrogen-bond donors (Lipinski definition) is 3. The van der Waals surface area contributed by atoms with Gasteiger partial charge in [0.1, 0.15) is 17.8 Å². The molecule has 0 atom stereocenters. The first-order valence-corrected chi connectivity index (χ1v) is 10.1. The third-order valence-electron chi connectivity index (χ3n) is 4.49. The molecule has 3 N–H and O–H groups in total. The first kappa shape index (κ1) is 18.8. The molecule has 4 rings (SSSR count). The minimum atomic E-state index is -3.57. The molecule has 0 fully saturated rings. The molecule has 0 amide bonds. The molecule has 0 aliphatic heterocycles. The van der Waals surface area contributed by atoms with Crippen LogP contribution < -0.4 is 10.0 Å². The maximum atomic E-state index is 12.1. The fourth-order valence-electron chi connectivity index (χ4n) is 3.06. The van der Waals surface area contributed by atoms with Crippen molar-refractivity contribution in [2.24, 2.45) is 0 Å². The van der Waals surface area contributed by atoms with Gasteiger partial charge in [0.05, 0.1) is 23.0 Å². The molecular weight excluding hydrogens is 394 g/mol.